The van der Waals surface area contributed by atoms with Gasteiger partial charge in [-0.2, -0.15) is 0 Å². The SMILES string of the molecule is COc1ccc(N=C2SC(=S)N(c3ccccc3)C2=O)cc1. The number of hydrogen-bond donors (Lipinski definition) is 0. The van der Waals surface area contributed by atoms with Crippen LogP contribution in [-0.2, 0) is 4.79 Å². The molecule has 3 rings (SSSR count). The van der Waals surface area contributed by atoms with Crippen molar-refractivity contribution in [1.29, 1.82) is 0 Å². The number of rotatable bonds is 3. The molecule has 0 bridgehead atoms. The van der Waals surface area contributed by atoms with E-state index in [0.29, 0.717) is 15.1 Å². The van der Waals surface area contributed by atoms with Crippen molar-refractivity contribution in [3.05, 3.63) is 54.6 Å². The molecule has 1 amide bonds. The molecule has 1 saturated heterocycles. The van der Waals surface area contributed by atoms with Crippen LogP contribution in [0.4, 0.5) is 11.4 Å². The summed E-state index contributed by atoms with van der Waals surface area (Å²) in [4.78, 5) is 18.4. The zero-order valence-corrected chi connectivity index (χ0v) is 13.4. The van der Waals surface area contributed by atoms with Gasteiger partial charge in [-0.3, -0.25) is 9.69 Å². The van der Waals surface area contributed by atoms with Gasteiger partial charge in [0.2, 0.25) is 0 Å². The van der Waals surface area contributed by atoms with Gasteiger partial charge in [0.15, 0.2) is 9.36 Å². The van der Waals surface area contributed by atoms with Crippen LogP contribution < -0.4 is 9.64 Å². The van der Waals surface area contributed by atoms with Crippen LogP contribution in [0.3, 0.4) is 0 Å². The number of methoxy groups -OCH3 is 1. The minimum Gasteiger partial charge on any atom is -0.497 e. The molecule has 0 aromatic heterocycles. The van der Waals surface area contributed by atoms with Gasteiger partial charge in [0.05, 0.1) is 18.5 Å². The van der Waals surface area contributed by atoms with E-state index in [1.165, 1.54) is 16.7 Å². The largest absolute Gasteiger partial charge is 0.497 e. The Kier molecular flexibility index (Phi) is 4.22. The van der Waals surface area contributed by atoms with Gasteiger partial charge in [0.25, 0.3) is 5.91 Å². The second kappa shape index (κ2) is 6.29. The number of anilines is 1. The first-order valence-electron chi connectivity index (χ1n) is 6.53. The average Bonchev–Trinajstić information content (AvgIpc) is 2.83. The zero-order valence-electron chi connectivity index (χ0n) is 11.7. The molecule has 110 valence electrons. The molecule has 1 aliphatic rings. The van der Waals surface area contributed by atoms with E-state index in [9.17, 15) is 4.79 Å². The van der Waals surface area contributed by atoms with Crippen molar-refractivity contribution < 1.29 is 9.53 Å². The Hall–Kier alpha value is -2.18. The van der Waals surface area contributed by atoms with E-state index < -0.39 is 0 Å². The highest BCUT2D eigenvalue weighted by atomic mass is 32.2. The normalized spacial score (nSPS) is 16.4. The third-order valence-electron chi connectivity index (χ3n) is 3.07. The maximum Gasteiger partial charge on any atom is 0.289 e. The van der Waals surface area contributed by atoms with Crippen LogP contribution in [0.1, 0.15) is 0 Å². The number of thioether (sulfide) groups is 1. The molecule has 0 aliphatic carbocycles. The number of para-hydroxylation sites is 1. The molecule has 1 aliphatic heterocycles. The minimum atomic E-state index is -0.197. The maximum absolute atomic E-state index is 12.5. The first-order valence-corrected chi connectivity index (χ1v) is 7.75. The molecule has 1 fully saturated rings. The molecule has 2 aromatic carbocycles. The fourth-order valence-corrected chi connectivity index (χ4v) is 3.19. The van der Waals surface area contributed by atoms with Crippen LogP contribution >= 0.6 is 24.0 Å². The molecule has 0 saturated carbocycles. The van der Waals surface area contributed by atoms with E-state index in [-0.39, 0.29) is 5.91 Å². The summed E-state index contributed by atoms with van der Waals surface area (Å²) >= 11 is 6.51. The van der Waals surface area contributed by atoms with Crippen LogP contribution in [-0.4, -0.2) is 22.4 Å². The Balaban J connectivity index is 1.88. The molecule has 22 heavy (non-hydrogen) atoms. The molecule has 0 unspecified atom stereocenters. The number of ether oxygens (including phenoxy) is 1. The van der Waals surface area contributed by atoms with Gasteiger partial charge >= 0.3 is 0 Å². The number of carbonyl (C=O) groups excluding carboxylic acids is 1. The van der Waals surface area contributed by atoms with Crippen LogP contribution in [0.5, 0.6) is 5.75 Å². The lowest BCUT2D eigenvalue weighted by atomic mass is 10.3. The number of benzene rings is 2. The summed E-state index contributed by atoms with van der Waals surface area (Å²) in [6, 6.07) is 16.5. The molecule has 0 atom stereocenters. The molecule has 1 heterocycles. The maximum atomic E-state index is 12.5. The van der Waals surface area contributed by atoms with E-state index in [1.54, 1.807) is 31.4 Å². The number of amides is 1. The first kappa shape index (κ1) is 14.7. The van der Waals surface area contributed by atoms with Crippen molar-refractivity contribution in [2.24, 2.45) is 4.99 Å². The van der Waals surface area contributed by atoms with Gasteiger partial charge < -0.3 is 4.74 Å². The predicted octanol–water partition coefficient (Wildman–Crippen LogP) is 3.79. The van der Waals surface area contributed by atoms with E-state index in [4.69, 9.17) is 17.0 Å². The summed E-state index contributed by atoms with van der Waals surface area (Å²) in [5.74, 6) is 0.549. The zero-order chi connectivity index (χ0) is 15.5. The summed E-state index contributed by atoms with van der Waals surface area (Å²) in [7, 11) is 1.60. The van der Waals surface area contributed by atoms with E-state index in [0.717, 1.165) is 11.4 Å². The lowest BCUT2D eigenvalue weighted by molar-refractivity contribution is -0.111. The fourth-order valence-electron chi connectivity index (χ4n) is 1.99. The molecule has 0 spiro atoms. The molecular weight excluding hydrogens is 316 g/mol. The van der Waals surface area contributed by atoms with Gasteiger partial charge in [-0.15, -0.1) is 0 Å². The van der Waals surface area contributed by atoms with Crippen LogP contribution in [0, 0.1) is 0 Å². The van der Waals surface area contributed by atoms with Crippen LogP contribution in [0.2, 0.25) is 0 Å². The summed E-state index contributed by atoms with van der Waals surface area (Å²) in [5, 5.41) is 0.374. The number of nitrogens with zero attached hydrogens (tertiary/aromatic N) is 2. The first-order chi connectivity index (χ1) is 10.7. The minimum absolute atomic E-state index is 0.197. The lowest BCUT2D eigenvalue weighted by Crippen LogP contribution is -2.29. The van der Waals surface area contributed by atoms with Crippen LogP contribution in [0.15, 0.2) is 59.6 Å². The molecule has 4 nitrogen and oxygen atoms in total. The highest BCUT2D eigenvalue weighted by molar-refractivity contribution is 8.35. The second-order valence-electron chi connectivity index (χ2n) is 4.46. The van der Waals surface area contributed by atoms with Crippen molar-refractivity contribution in [3.8, 4) is 5.75 Å². The quantitative estimate of drug-likeness (QED) is 0.804. The standard InChI is InChI=1S/C16H12N2O2S2/c1-20-13-9-7-11(8-10-13)17-14-15(19)18(16(21)22-14)12-5-3-2-4-6-12/h2-10H,1H3. The van der Waals surface area contributed by atoms with Gasteiger partial charge in [-0.1, -0.05) is 30.4 Å². The molecule has 6 heteroatoms. The molecule has 2 aromatic rings. The van der Waals surface area contributed by atoms with Crippen molar-refractivity contribution in [2.45, 2.75) is 0 Å². The van der Waals surface area contributed by atoms with E-state index in [1.807, 2.05) is 30.3 Å². The number of carbonyl (C=O) groups is 1. The number of thiocarbonyl (C=S) groups is 1. The monoisotopic (exact) mass is 328 g/mol. The average molecular weight is 328 g/mol. The third-order valence-corrected chi connectivity index (χ3v) is 4.32. The van der Waals surface area contributed by atoms with Gasteiger partial charge in [-0.05, 0) is 48.2 Å². The summed E-state index contributed by atoms with van der Waals surface area (Å²) in [5.41, 5.74) is 1.44. The van der Waals surface area contributed by atoms with Gasteiger partial charge in [0.1, 0.15) is 5.75 Å². The van der Waals surface area contributed by atoms with Crippen LogP contribution in [0.25, 0.3) is 0 Å². The Labute approximate surface area is 137 Å². The predicted molar refractivity (Wildman–Crippen MR) is 94.2 cm³/mol. The van der Waals surface area contributed by atoms with Gasteiger partial charge in [-0.25, -0.2) is 4.99 Å². The number of hydrogen-bond acceptors (Lipinski definition) is 5. The molecule has 0 radical (unpaired) electrons. The fraction of sp³-hybridized carbons (Fsp3) is 0.0625. The summed E-state index contributed by atoms with van der Waals surface area (Å²) in [6.07, 6.45) is 0. The summed E-state index contributed by atoms with van der Waals surface area (Å²) < 4.78 is 5.59. The highest BCUT2D eigenvalue weighted by Gasteiger charge is 2.34. The Morgan fingerprint density at radius 1 is 1.09 bits per heavy atom. The third kappa shape index (κ3) is 2.88. The van der Waals surface area contributed by atoms with E-state index >= 15 is 0 Å². The van der Waals surface area contributed by atoms with E-state index in [2.05, 4.69) is 4.99 Å². The highest BCUT2D eigenvalue weighted by Crippen LogP contribution is 2.30. The molecule has 0 N–H and O–H groups in total. The Morgan fingerprint density at radius 3 is 2.41 bits per heavy atom. The smallest absolute Gasteiger partial charge is 0.289 e. The molecular formula is C16H12N2O2S2. The van der Waals surface area contributed by atoms with Gasteiger partial charge in [0, 0.05) is 0 Å². The van der Waals surface area contributed by atoms with Crippen molar-refractivity contribution in [2.75, 3.05) is 12.0 Å². The number of aliphatic imine (C=N–C) groups is 1. The topological polar surface area (TPSA) is 41.9 Å². The Bertz CT molecular complexity index is 743. The van der Waals surface area contributed by atoms with Crippen molar-refractivity contribution in [1.82, 2.24) is 0 Å². The van der Waals surface area contributed by atoms with Crippen molar-refractivity contribution >= 4 is 50.6 Å². The Morgan fingerprint density at radius 2 is 1.77 bits per heavy atom. The lowest BCUT2D eigenvalue weighted by Gasteiger charge is -2.13. The van der Waals surface area contributed by atoms with Crippen molar-refractivity contribution in [3.63, 3.8) is 0 Å². The second-order valence-corrected chi connectivity index (χ2v) is 6.08. The summed E-state index contributed by atoms with van der Waals surface area (Å²) in [6.45, 7) is 0.